The molecule has 2 amide bonds. The van der Waals surface area contributed by atoms with Gasteiger partial charge in [-0.2, -0.15) is 0 Å². The summed E-state index contributed by atoms with van der Waals surface area (Å²) in [6.45, 7) is 4.52. The molecule has 0 spiro atoms. The summed E-state index contributed by atoms with van der Waals surface area (Å²) in [5, 5.41) is 9.00. The van der Waals surface area contributed by atoms with Crippen molar-refractivity contribution in [2.45, 2.75) is 39.2 Å². The Balaban J connectivity index is 2.90. The molecule has 0 radical (unpaired) electrons. The second kappa shape index (κ2) is 7.63. The van der Waals surface area contributed by atoms with Crippen LogP contribution in [0.1, 0.15) is 33.1 Å². The molecule has 0 bridgehead atoms. The van der Waals surface area contributed by atoms with Crippen LogP contribution in [0, 0.1) is 0 Å². The summed E-state index contributed by atoms with van der Waals surface area (Å²) in [6.07, 6.45) is 1.86. The summed E-state index contributed by atoms with van der Waals surface area (Å²) in [7, 11) is -3.17. The summed E-state index contributed by atoms with van der Waals surface area (Å²) in [4.78, 5) is 26.4. The maximum absolute atomic E-state index is 12.6. The van der Waals surface area contributed by atoms with Gasteiger partial charge < -0.3 is 14.9 Å². The minimum Gasteiger partial charge on any atom is -0.480 e. The van der Waals surface area contributed by atoms with Crippen molar-refractivity contribution in [1.29, 1.82) is 0 Å². The first kappa shape index (κ1) is 17.7. The van der Waals surface area contributed by atoms with Crippen LogP contribution < -0.4 is 0 Å². The molecular formula is C13H24N2O5S. The highest BCUT2D eigenvalue weighted by atomic mass is 32.2. The van der Waals surface area contributed by atoms with E-state index < -0.39 is 28.4 Å². The Morgan fingerprint density at radius 2 is 1.76 bits per heavy atom. The molecule has 1 atom stereocenters. The molecule has 7 nitrogen and oxygen atoms in total. The van der Waals surface area contributed by atoms with Crippen molar-refractivity contribution in [2.24, 2.45) is 0 Å². The SMILES string of the molecule is CCCN(CCC)C(=O)N(CC(=O)O)C1CCS(=O)(=O)C1. The maximum atomic E-state index is 12.6. The molecule has 1 N–H and O–H groups in total. The van der Waals surface area contributed by atoms with Gasteiger partial charge in [0.05, 0.1) is 11.5 Å². The molecule has 1 aliphatic heterocycles. The highest BCUT2D eigenvalue weighted by Crippen LogP contribution is 2.19. The summed E-state index contributed by atoms with van der Waals surface area (Å²) >= 11 is 0. The van der Waals surface area contributed by atoms with Crippen molar-refractivity contribution in [3.8, 4) is 0 Å². The second-order valence-corrected chi connectivity index (χ2v) is 7.58. The van der Waals surface area contributed by atoms with Crippen molar-refractivity contribution in [2.75, 3.05) is 31.1 Å². The fourth-order valence-electron chi connectivity index (χ4n) is 2.54. The average molecular weight is 320 g/mol. The van der Waals surface area contributed by atoms with Gasteiger partial charge in [0.25, 0.3) is 0 Å². The quantitative estimate of drug-likeness (QED) is 0.749. The van der Waals surface area contributed by atoms with E-state index in [1.54, 1.807) is 4.90 Å². The molecule has 0 aliphatic carbocycles. The predicted molar refractivity (Wildman–Crippen MR) is 79.0 cm³/mol. The van der Waals surface area contributed by atoms with Gasteiger partial charge in [0.2, 0.25) is 0 Å². The van der Waals surface area contributed by atoms with Crippen LogP contribution in [0.15, 0.2) is 0 Å². The topological polar surface area (TPSA) is 95.0 Å². The summed E-state index contributed by atoms with van der Waals surface area (Å²) in [5.74, 6) is -1.25. The monoisotopic (exact) mass is 320 g/mol. The van der Waals surface area contributed by atoms with Gasteiger partial charge in [-0.3, -0.25) is 4.79 Å². The molecular weight excluding hydrogens is 296 g/mol. The minimum absolute atomic E-state index is 0.0165. The summed E-state index contributed by atoms with van der Waals surface area (Å²) in [6, 6.07) is -0.905. The first-order chi connectivity index (χ1) is 9.80. The van der Waals surface area contributed by atoms with Crippen molar-refractivity contribution in [1.82, 2.24) is 9.80 Å². The number of rotatable bonds is 7. The van der Waals surface area contributed by atoms with Gasteiger partial charge in [0.1, 0.15) is 6.54 Å². The summed E-state index contributed by atoms with van der Waals surface area (Å²) in [5.41, 5.74) is 0. The van der Waals surface area contributed by atoms with Crippen LogP contribution in [0.25, 0.3) is 0 Å². The van der Waals surface area contributed by atoms with E-state index in [2.05, 4.69) is 0 Å². The number of hydrogen-bond acceptors (Lipinski definition) is 4. The molecule has 1 fully saturated rings. The predicted octanol–water partition coefficient (Wildman–Crippen LogP) is 0.802. The van der Waals surface area contributed by atoms with E-state index in [-0.39, 0.29) is 17.5 Å². The number of amides is 2. The van der Waals surface area contributed by atoms with Crippen LogP contribution in [0.5, 0.6) is 0 Å². The zero-order valence-corrected chi connectivity index (χ0v) is 13.4. The van der Waals surface area contributed by atoms with Crippen LogP contribution in [0.2, 0.25) is 0 Å². The largest absolute Gasteiger partial charge is 0.480 e. The highest BCUT2D eigenvalue weighted by molar-refractivity contribution is 7.91. The van der Waals surface area contributed by atoms with E-state index >= 15 is 0 Å². The lowest BCUT2D eigenvalue weighted by molar-refractivity contribution is -0.138. The molecule has 1 rings (SSSR count). The number of hydrogen-bond donors (Lipinski definition) is 1. The van der Waals surface area contributed by atoms with Crippen molar-refractivity contribution < 1.29 is 23.1 Å². The molecule has 122 valence electrons. The Morgan fingerprint density at radius 1 is 1.19 bits per heavy atom. The Bertz CT molecular complexity index is 471. The van der Waals surface area contributed by atoms with Crippen LogP contribution in [-0.2, 0) is 14.6 Å². The Labute approximate surface area is 125 Å². The number of aliphatic carboxylic acids is 1. The lowest BCUT2D eigenvalue weighted by Gasteiger charge is -2.33. The fraction of sp³-hybridized carbons (Fsp3) is 0.846. The van der Waals surface area contributed by atoms with Gasteiger partial charge in [0.15, 0.2) is 9.84 Å². The first-order valence-electron chi connectivity index (χ1n) is 7.28. The third kappa shape index (κ3) is 5.18. The third-order valence-corrected chi connectivity index (χ3v) is 5.21. The van der Waals surface area contributed by atoms with E-state index in [0.29, 0.717) is 19.5 Å². The van der Waals surface area contributed by atoms with Crippen molar-refractivity contribution in [3.05, 3.63) is 0 Å². The van der Waals surface area contributed by atoms with E-state index in [9.17, 15) is 18.0 Å². The molecule has 1 aliphatic rings. The van der Waals surface area contributed by atoms with E-state index in [1.165, 1.54) is 4.90 Å². The number of urea groups is 1. The molecule has 21 heavy (non-hydrogen) atoms. The maximum Gasteiger partial charge on any atom is 0.323 e. The second-order valence-electron chi connectivity index (χ2n) is 5.35. The number of nitrogens with zero attached hydrogens (tertiary/aromatic N) is 2. The lowest BCUT2D eigenvalue weighted by atomic mass is 10.2. The summed E-state index contributed by atoms with van der Waals surface area (Å²) < 4.78 is 23.2. The number of carboxylic acids is 1. The van der Waals surface area contributed by atoms with E-state index in [4.69, 9.17) is 5.11 Å². The van der Waals surface area contributed by atoms with Gasteiger partial charge in [-0.15, -0.1) is 0 Å². The third-order valence-electron chi connectivity index (χ3n) is 3.46. The normalized spacial score (nSPS) is 20.2. The van der Waals surface area contributed by atoms with Crippen LogP contribution in [-0.4, -0.2) is 72.5 Å². The molecule has 0 aromatic rings. The fourth-order valence-corrected chi connectivity index (χ4v) is 4.28. The number of carbonyl (C=O) groups is 2. The number of carbonyl (C=O) groups excluding carboxylic acids is 1. The molecule has 1 heterocycles. The van der Waals surface area contributed by atoms with E-state index in [0.717, 1.165) is 12.8 Å². The Morgan fingerprint density at radius 3 is 2.14 bits per heavy atom. The standard InChI is InChI=1S/C13H24N2O5S/c1-3-6-14(7-4-2)13(18)15(9-12(16)17)11-5-8-21(19,20)10-11/h11H,3-10H2,1-2H3,(H,16,17). The van der Waals surface area contributed by atoms with Gasteiger partial charge in [-0.05, 0) is 19.3 Å². The van der Waals surface area contributed by atoms with Crippen LogP contribution >= 0.6 is 0 Å². The van der Waals surface area contributed by atoms with Gasteiger partial charge >= 0.3 is 12.0 Å². The first-order valence-corrected chi connectivity index (χ1v) is 9.10. The van der Waals surface area contributed by atoms with Gasteiger partial charge in [-0.1, -0.05) is 13.8 Å². The highest BCUT2D eigenvalue weighted by Gasteiger charge is 2.37. The average Bonchev–Trinajstić information content (AvgIpc) is 2.75. The number of carboxylic acid groups (broad SMARTS) is 1. The molecule has 0 aromatic heterocycles. The number of sulfone groups is 1. The van der Waals surface area contributed by atoms with Crippen LogP contribution in [0.4, 0.5) is 4.79 Å². The van der Waals surface area contributed by atoms with Crippen molar-refractivity contribution >= 4 is 21.8 Å². The van der Waals surface area contributed by atoms with Gasteiger partial charge in [0, 0.05) is 19.1 Å². The molecule has 0 saturated carbocycles. The van der Waals surface area contributed by atoms with Crippen molar-refractivity contribution in [3.63, 3.8) is 0 Å². The smallest absolute Gasteiger partial charge is 0.323 e. The molecule has 0 aromatic carbocycles. The Hall–Kier alpha value is -1.31. The molecule has 8 heteroatoms. The molecule has 1 unspecified atom stereocenters. The van der Waals surface area contributed by atoms with Crippen LogP contribution in [0.3, 0.4) is 0 Å². The molecule has 1 saturated heterocycles. The lowest BCUT2D eigenvalue weighted by Crippen LogP contribution is -2.51. The Kier molecular flexibility index (Phi) is 6.44. The zero-order valence-electron chi connectivity index (χ0n) is 12.6. The van der Waals surface area contributed by atoms with E-state index in [1.807, 2.05) is 13.8 Å². The van der Waals surface area contributed by atoms with Gasteiger partial charge in [-0.25, -0.2) is 13.2 Å². The minimum atomic E-state index is -3.17. The zero-order chi connectivity index (χ0) is 16.0.